The molecule has 0 aliphatic carbocycles. The van der Waals surface area contributed by atoms with E-state index in [-0.39, 0.29) is 23.0 Å². The first kappa shape index (κ1) is 21.5. The predicted molar refractivity (Wildman–Crippen MR) is 111 cm³/mol. The Morgan fingerprint density at radius 2 is 2.07 bits per heavy atom. The number of nitrogens with zero attached hydrogens (tertiary/aromatic N) is 3. The summed E-state index contributed by atoms with van der Waals surface area (Å²) in [6, 6.07) is 3.03. The van der Waals surface area contributed by atoms with E-state index in [1.807, 2.05) is 20.8 Å². The molecule has 0 saturated carbocycles. The second-order valence-corrected chi connectivity index (χ2v) is 10.2. The molecule has 156 valence electrons. The number of fused-ring (bicyclic) bond motifs is 1. The van der Waals surface area contributed by atoms with Crippen LogP contribution in [0.5, 0.6) is 5.75 Å². The van der Waals surface area contributed by atoms with Gasteiger partial charge < -0.3 is 15.6 Å². The minimum Gasteiger partial charge on any atom is -0.488 e. The predicted octanol–water partition coefficient (Wildman–Crippen LogP) is 3.44. The standard InChI is InChI=1S/C19H22ClFN4O3S/c1-10(26)9-28-15-8-25-14(6-16(15)29(27)19(2,3)4)12(7-23-25)11-5-13(20)18(22)24-17(11)21/h5-8,10,26H,9H2,1-4H3,(H2,22,24)/t10-,29?/m1/s1. The van der Waals surface area contributed by atoms with Crippen molar-refractivity contribution in [1.82, 2.24) is 14.6 Å². The molecule has 3 aromatic rings. The van der Waals surface area contributed by atoms with Crippen molar-refractivity contribution in [2.75, 3.05) is 12.3 Å². The molecule has 3 heterocycles. The number of hydrogen-bond donors (Lipinski definition) is 2. The van der Waals surface area contributed by atoms with Gasteiger partial charge in [0.15, 0.2) is 5.75 Å². The van der Waals surface area contributed by atoms with Crippen molar-refractivity contribution in [2.24, 2.45) is 0 Å². The molecule has 1 unspecified atom stereocenters. The fourth-order valence-electron chi connectivity index (χ4n) is 2.66. The monoisotopic (exact) mass is 440 g/mol. The maximum Gasteiger partial charge on any atom is 0.222 e. The van der Waals surface area contributed by atoms with Gasteiger partial charge in [0.25, 0.3) is 0 Å². The third kappa shape index (κ3) is 4.36. The fraction of sp³-hybridized carbons (Fsp3) is 0.368. The number of halogens is 2. The molecule has 0 spiro atoms. The smallest absolute Gasteiger partial charge is 0.222 e. The quantitative estimate of drug-likeness (QED) is 0.589. The summed E-state index contributed by atoms with van der Waals surface area (Å²) in [5.41, 5.74) is 6.62. The zero-order valence-corrected chi connectivity index (χ0v) is 18.0. The lowest BCUT2D eigenvalue weighted by molar-refractivity contribution is 0.120. The average molecular weight is 441 g/mol. The molecule has 0 fully saturated rings. The molecule has 0 radical (unpaired) electrons. The van der Waals surface area contributed by atoms with Gasteiger partial charge in [0.05, 0.1) is 44.7 Å². The zero-order chi connectivity index (χ0) is 21.5. The third-order valence-electron chi connectivity index (χ3n) is 4.07. The highest BCUT2D eigenvalue weighted by atomic mass is 35.5. The second kappa shape index (κ2) is 7.89. The first-order valence-electron chi connectivity index (χ1n) is 8.85. The van der Waals surface area contributed by atoms with Crippen LogP contribution < -0.4 is 10.5 Å². The van der Waals surface area contributed by atoms with Crippen molar-refractivity contribution < 1.29 is 18.4 Å². The van der Waals surface area contributed by atoms with Crippen LogP contribution >= 0.6 is 11.6 Å². The first-order valence-corrected chi connectivity index (χ1v) is 10.4. The van der Waals surface area contributed by atoms with Gasteiger partial charge in [0.1, 0.15) is 12.4 Å². The highest BCUT2D eigenvalue weighted by Crippen LogP contribution is 2.35. The Balaban J connectivity index is 2.22. The van der Waals surface area contributed by atoms with Crippen LogP contribution in [0.2, 0.25) is 5.02 Å². The molecular weight excluding hydrogens is 419 g/mol. The number of nitrogens with two attached hydrogens (primary N) is 1. The number of aliphatic hydroxyl groups is 1. The second-order valence-electron chi connectivity index (χ2n) is 7.62. The summed E-state index contributed by atoms with van der Waals surface area (Å²) in [4.78, 5) is 4.05. The van der Waals surface area contributed by atoms with Gasteiger partial charge in [-0.3, -0.25) is 4.21 Å². The molecule has 0 aliphatic heterocycles. The number of rotatable bonds is 5. The molecule has 3 aromatic heterocycles. The van der Waals surface area contributed by atoms with Crippen molar-refractivity contribution in [2.45, 2.75) is 43.4 Å². The summed E-state index contributed by atoms with van der Waals surface area (Å²) in [5, 5.41) is 13.9. The molecule has 0 aromatic carbocycles. The fourth-order valence-corrected chi connectivity index (χ4v) is 3.98. The molecule has 0 saturated heterocycles. The van der Waals surface area contributed by atoms with Gasteiger partial charge in [-0.15, -0.1) is 0 Å². The lowest BCUT2D eigenvalue weighted by Gasteiger charge is -2.21. The number of pyridine rings is 2. The van der Waals surface area contributed by atoms with E-state index in [0.717, 1.165) is 0 Å². The van der Waals surface area contributed by atoms with Gasteiger partial charge in [-0.25, -0.2) is 9.50 Å². The maximum absolute atomic E-state index is 14.5. The van der Waals surface area contributed by atoms with Crippen LogP contribution in [-0.4, -0.2) is 41.4 Å². The van der Waals surface area contributed by atoms with Gasteiger partial charge in [-0.2, -0.15) is 9.49 Å². The Labute approximate surface area is 175 Å². The van der Waals surface area contributed by atoms with Crippen LogP contribution in [0.15, 0.2) is 29.4 Å². The van der Waals surface area contributed by atoms with Crippen LogP contribution in [0.1, 0.15) is 27.7 Å². The van der Waals surface area contributed by atoms with Crippen molar-refractivity contribution in [3.8, 4) is 16.9 Å². The number of nitrogen functional groups attached to an aromatic ring is 1. The van der Waals surface area contributed by atoms with E-state index in [1.165, 1.54) is 16.8 Å². The highest BCUT2D eigenvalue weighted by molar-refractivity contribution is 7.86. The number of anilines is 1. The van der Waals surface area contributed by atoms with Crippen LogP contribution in [-0.2, 0) is 10.8 Å². The molecular formula is C19H22ClFN4O3S. The van der Waals surface area contributed by atoms with Gasteiger partial charge in [0, 0.05) is 15.9 Å². The maximum atomic E-state index is 14.5. The molecule has 0 bridgehead atoms. The molecule has 7 nitrogen and oxygen atoms in total. The van der Waals surface area contributed by atoms with E-state index in [9.17, 15) is 13.7 Å². The van der Waals surface area contributed by atoms with E-state index in [2.05, 4.69) is 10.1 Å². The van der Waals surface area contributed by atoms with Crippen LogP contribution in [0.4, 0.5) is 10.2 Å². The molecule has 29 heavy (non-hydrogen) atoms. The Kier molecular flexibility index (Phi) is 5.84. The lowest BCUT2D eigenvalue weighted by atomic mass is 10.1. The minimum atomic E-state index is -1.45. The van der Waals surface area contributed by atoms with E-state index >= 15 is 0 Å². The molecule has 0 amide bonds. The summed E-state index contributed by atoms with van der Waals surface area (Å²) < 4.78 is 34.2. The lowest BCUT2D eigenvalue weighted by Crippen LogP contribution is -2.23. The summed E-state index contributed by atoms with van der Waals surface area (Å²) in [6.07, 6.45) is 2.32. The Hall–Kier alpha value is -2.23. The zero-order valence-electron chi connectivity index (χ0n) is 16.4. The number of aromatic nitrogens is 3. The SMILES string of the molecule is C[C@@H](O)COc1cn2ncc(-c3cc(Cl)c(N)nc3F)c2cc1S(=O)C(C)(C)C. The average Bonchev–Trinajstić information content (AvgIpc) is 3.03. The summed E-state index contributed by atoms with van der Waals surface area (Å²) in [5.74, 6) is -0.558. The van der Waals surface area contributed by atoms with Gasteiger partial charge >= 0.3 is 0 Å². The number of ether oxygens (including phenoxy) is 1. The van der Waals surface area contributed by atoms with Crippen LogP contribution in [0, 0.1) is 5.95 Å². The van der Waals surface area contributed by atoms with E-state index in [1.54, 1.807) is 19.2 Å². The molecule has 3 N–H and O–H groups in total. The molecule has 10 heteroatoms. The third-order valence-corrected chi connectivity index (χ3v) is 6.20. The Morgan fingerprint density at radius 3 is 2.69 bits per heavy atom. The van der Waals surface area contributed by atoms with E-state index in [4.69, 9.17) is 22.1 Å². The van der Waals surface area contributed by atoms with Crippen LogP contribution in [0.3, 0.4) is 0 Å². The van der Waals surface area contributed by atoms with Crippen molar-refractivity contribution in [3.05, 3.63) is 35.5 Å². The molecule has 0 aliphatic rings. The number of hydrogen-bond acceptors (Lipinski definition) is 6. The van der Waals surface area contributed by atoms with Gasteiger partial charge in [0.2, 0.25) is 5.95 Å². The Bertz CT molecular complexity index is 1100. The Morgan fingerprint density at radius 1 is 1.38 bits per heavy atom. The van der Waals surface area contributed by atoms with Crippen LogP contribution in [0.25, 0.3) is 16.6 Å². The summed E-state index contributed by atoms with van der Waals surface area (Å²) >= 11 is 6.02. The van der Waals surface area contributed by atoms with Crippen molar-refractivity contribution in [3.63, 3.8) is 0 Å². The molecule has 2 atom stereocenters. The highest BCUT2D eigenvalue weighted by Gasteiger charge is 2.26. The van der Waals surface area contributed by atoms with Crippen molar-refractivity contribution in [1.29, 1.82) is 0 Å². The van der Waals surface area contributed by atoms with Gasteiger partial charge in [-0.1, -0.05) is 11.6 Å². The topological polar surface area (TPSA) is 103 Å². The largest absolute Gasteiger partial charge is 0.488 e. The van der Waals surface area contributed by atoms with E-state index < -0.39 is 27.6 Å². The first-order chi connectivity index (χ1) is 13.5. The minimum absolute atomic E-state index is 0.0279. The molecule has 3 rings (SSSR count). The summed E-state index contributed by atoms with van der Waals surface area (Å²) in [6.45, 7) is 7.14. The summed E-state index contributed by atoms with van der Waals surface area (Å²) in [7, 11) is -1.45. The number of aliphatic hydroxyl groups excluding tert-OH is 1. The van der Waals surface area contributed by atoms with E-state index in [0.29, 0.717) is 21.7 Å². The van der Waals surface area contributed by atoms with Gasteiger partial charge in [-0.05, 0) is 39.8 Å². The van der Waals surface area contributed by atoms with Crippen molar-refractivity contribution >= 4 is 33.7 Å². The normalized spacial score (nSPS) is 14.2.